The van der Waals surface area contributed by atoms with Crippen LogP contribution in [0.3, 0.4) is 0 Å². The van der Waals surface area contributed by atoms with Crippen LogP contribution in [0.1, 0.15) is 52.2 Å². The Morgan fingerprint density at radius 3 is 2.32 bits per heavy atom. The summed E-state index contributed by atoms with van der Waals surface area (Å²) in [6.45, 7) is 13.3. The van der Waals surface area contributed by atoms with E-state index in [1.54, 1.807) is 0 Å². The van der Waals surface area contributed by atoms with Crippen molar-refractivity contribution in [3.05, 3.63) is 47.0 Å². The maximum Gasteiger partial charge on any atom is -0.00143 e. The van der Waals surface area contributed by atoms with Crippen LogP contribution in [0.5, 0.6) is 0 Å². The number of hydrogen-bond donors (Lipinski definition) is 1. The van der Waals surface area contributed by atoms with Gasteiger partial charge in [0.2, 0.25) is 0 Å². The molecule has 1 aromatic carbocycles. The molecule has 1 aromatic rings. The Hall–Kier alpha value is -1.08. The van der Waals surface area contributed by atoms with E-state index in [4.69, 9.17) is 0 Å². The Bertz CT molecular complexity index is 393. The quantitative estimate of drug-likeness (QED) is 0.587. The summed E-state index contributed by atoms with van der Waals surface area (Å²) < 4.78 is 0. The maximum atomic E-state index is 3.35. The van der Waals surface area contributed by atoms with E-state index in [9.17, 15) is 0 Å². The van der Waals surface area contributed by atoms with E-state index in [-0.39, 0.29) is 5.41 Å². The monoisotopic (exact) mass is 259 g/mol. The zero-order chi connectivity index (χ0) is 14.3. The Balaban J connectivity index is 2.53. The minimum Gasteiger partial charge on any atom is -0.317 e. The van der Waals surface area contributed by atoms with Crippen LogP contribution in [0.25, 0.3) is 0 Å². The lowest BCUT2D eigenvalue weighted by Gasteiger charge is -2.19. The summed E-state index contributed by atoms with van der Waals surface area (Å²) in [4.78, 5) is 0. The van der Waals surface area contributed by atoms with E-state index < -0.39 is 0 Å². The molecule has 0 amide bonds. The zero-order valence-corrected chi connectivity index (χ0v) is 13.2. The normalized spacial score (nSPS) is 12.8. The average Bonchev–Trinajstić information content (AvgIpc) is 2.34. The van der Waals surface area contributed by atoms with Crippen LogP contribution >= 0.6 is 0 Å². The van der Waals surface area contributed by atoms with Crippen molar-refractivity contribution in [1.82, 2.24) is 5.32 Å². The first-order valence-corrected chi connectivity index (χ1v) is 7.39. The fourth-order valence-corrected chi connectivity index (χ4v) is 2.11. The summed E-state index contributed by atoms with van der Waals surface area (Å²) >= 11 is 0. The second kappa shape index (κ2) is 7.49. The highest BCUT2D eigenvalue weighted by Gasteiger charge is 2.12. The molecule has 0 aliphatic rings. The van der Waals surface area contributed by atoms with Gasteiger partial charge in [0.25, 0.3) is 0 Å². The molecule has 0 fully saturated rings. The van der Waals surface area contributed by atoms with Crippen LogP contribution in [0.2, 0.25) is 0 Å². The van der Waals surface area contributed by atoms with Crippen molar-refractivity contribution in [3.63, 3.8) is 0 Å². The third-order valence-electron chi connectivity index (χ3n) is 3.37. The standard InChI is InChI=1S/C18H29N/c1-6-19-13-7-8-15(2)14-16-9-11-17(12-10-16)18(3,4)5/h8-12,19H,6-7,13-14H2,1-5H3. The van der Waals surface area contributed by atoms with Gasteiger partial charge in [-0.15, -0.1) is 0 Å². The van der Waals surface area contributed by atoms with Gasteiger partial charge in [0.15, 0.2) is 0 Å². The first kappa shape index (κ1) is 16.0. The van der Waals surface area contributed by atoms with Crippen LogP contribution in [-0.2, 0) is 11.8 Å². The Kier molecular flexibility index (Phi) is 6.30. The van der Waals surface area contributed by atoms with E-state index >= 15 is 0 Å². The zero-order valence-electron chi connectivity index (χ0n) is 13.2. The fourth-order valence-electron chi connectivity index (χ4n) is 2.11. The third-order valence-corrected chi connectivity index (χ3v) is 3.37. The van der Waals surface area contributed by atoms with Crippen LogP contribution < -0.4 is 5.32 Å². The Morgan fingerprint density at radius 2 is 1.79 bits per heavy atom. The first-order valence-electron chi connectivity index (χ1n) is 7.39. The minimum absolute atomic E-state index is 0.245. The van der Waals surface area contributed by atoms with E-state index in [0.29, 0.717) is 0 Å². The lowest BCUT2D eigenvalue weighted by Crippen LogP contribution is -2.13. The molecule has 0 unspecified atom stereocenters. The Morgan fingerprint density at radius 1 is 1.16 bits per heavy atom. The number of rotatable bonds is 6. The number of benzene rings is 1. The largest absolute Gasteiger partial charge is 0.317 e. The van der Waals surface area contributed by atoms with Gasteiger partial charge in [-0.3, -0.25) is 0 Å². The van der Waals surface area contributed by atoms with Crippen molar-refractivity contribution in [2.24, 2.45) is 0 Å². The van der Waals surface area contributed by atoms with Gasteiger partial charge < -0.3 is 5.32 Å². The van der Waals surface area contributed by atoms with Crippen molar-refractivity contribution in [1.29, 1.82) is 0 Å². The van der Waals surface area contributed by atoms with Crippen LogP contribution in [0.15, 0.2) is 35.9 Å². The fraction of sp³-hybridized carbons (Fsp3) is 0.556. The molecule has 0 aromatic heterocycles. The van der Waals surface area contributed by atoms with Gasteiger partial charge in [-0.05, 0) is 49.4 Å². The molecule has 1 N–H and O–H groups in total. The average molecular weight is 259 g/mol. The highest BCUT2D eigenvalue weighted by molar-refractivity contribution is 5.29. The van der Waals surface area contributed by atoms with E-state index in [1.165, 1.54) is 16.7 Å². The molecule has 0 saturated carbocycles. The van der Waals surface area contributed by atoms with Crippen LogP contribution in [0.4, 0.5) is 0 Å². The summed E-state index contributed by atoms with van der Waals surface area (Å²) in [5.74, 6) is 0. The molecule has 0 saturated heterocycles. The smallest absolute Gasteiger partial charge is 0.00143 e. The van der Waals surface area contributed by atoms with Crippen molar-refractivity contribution in [2.75, 3.05) is 13.1 Å². The molecular weight excluding hydrogens is 230 g/mol. The van der Waals surface area contributed by atoms with E-state index in [2.05, 4.69) is 70.3 Å². The van der Waals surface area contributed by atoms with Gasteiger partial charge in [0, 0.05) is 0 Å². The second-order valence-corrected chi connectivity index (χ2v) is 6.32. The molecule has 1 nitrogen and oxygen atoms in total. The molecule has 0 bridgehead atoms. The summed E-state index contributed by atoms with van der Waals surface area (Å²) in [5, 5.41) is 3.35. The SMILES string of the molecule is CCNCCC=C(C)Cc1ccc(C(C)(C)C)cc1. The van der Waals surface area contributed by atoms with Gasteiger partial charge in [0.05, 0.1) is 0 Å². The molecular formula is C18H29N. The predicted octanol–water partition coefficient (Wildman–Crippen LogP) is 4.47. The van der Waals surface area contributed by atoms with Crippen molar-refractivity contribution in [2.45, 2.75) is 52.9 Å². The van der Waals surface area contributed by atoms with Crippen molar-refractivity contribution >= 4 is 0 Å². The molecule has 0 spiro atoms. The van der Waals surface area contributed by atoms with E-state index in [0.717, 1.165) is 25.9 Å². The number of allylic oxidation sites excluding steroid dienone is 1. The first-order chi connectivity index (χ1) is 8.93. The summed E-state index contributed by atoms with van der Waals surface area (Å²) in [6.07, 6.45) is 4.54. The molecule has 0 aliphatic heterocycles. The summed E-state index contributed by atoms with van der Waals surface area (Å²) in [6, 6.07) is 9.06. The molecule has 19 heavy (non-hydrogen) atoms. The summed E-state index contributed by atoms with van der Waals surface area (Å²) in [7, 11) is 0. The van der Waals surface area contributed by atoms with E-state index in [1.807, 2.05) is 0 Å². The molecule has 0 radical (unpaired) electrons. The number of nitrogens with one attached hydrogen (secondary N) is 1. The molecule has 0 heterocycles. The molecule has 0 aliphatic carbocycles. The van der Waals surface area contributed by atoms with Gasteiger partial charge in [-0.25, -0.2) is 0 Å². The minimum atomic E-state index is 0.245. The third kappa shape index (κ3) is 6.07. The highest BCUT2D eigenvalue weighted by Crippen LogP contribution is 2.22. The highest BCUT2D eigenvalue weighted by atomic mass is 14.8. The topological polar surface area (TPSA) is 12.0 Å². The number of hydrogen-bond acceptors (Lipinski definition) is 1. The lowest BCUT2D eigenvalue weighted by atomic mass is 9.86. The predicted molar refractivity (Wildman–Crippen MR) is 85.8 cm³/mol. The van der Waals surface area contributed by atoms with Crippen LogP contribution in [-0.4, -0.2) is 13.1 Å². The molecule has 1 rings (SSSR count). The molecule has 1 heteroatoms. The van der Waals surface area contributed by atoms with Gasteiger partial charge in [-0.1, -0.05) is 63.6 Å². The molecule has 0 atom stereocenters. The van der Waals surface area contributed by atoms with Gasteiger partial charge >= 0.3 is 0 Å². The van der Waals surface area contributed by atoms with Gasteiger partial charge in [0.1, 0.15) is 0 Å². The lowest BCUT2D eigenvalue weighted by molar-refractivity contribution is 0.590. The summed E-state index contributed by atoms with van der Waals surface area (Å²) in [5.41, 5.74) is 4.52. The van der Waals surface area contributed by atoms with Gasteiger partial charge in [-0.2, -0.15) is 0 Å². The van der Waals surface area contributed by atoms with Crippen molar-refractivity contribution < 1.29 is 0 Å². The second-order valence-electron chi connectivity index (χ2n) is 6.32. The Labute approximate surface area is 119 Å². The van der Waals surface area contributed by atoms with Crippen LogP contribution in [0, 0.1) is 0 Å². The van der Waals surface area contributed by atoms with Crippen molar-refractivity contribution in [3.8, 4) is 0 Å². The molecule has 106 valence electrons. The maximum absolute atomic E-state index is 3.35.